The summed E-state index contributed by atoms with van der Waals surface area (Å²) in [5, 5.41) is 12.3. The molecular weight excluding hydrogens is 298 g/mol. The molecule has 0 aromatic rings. The molecule has 1 saturated heterocycles. The van der Waals surface area contributed by atoms with Crippen molar-refractivity contribution in [3.8, 4) is 0 Å². The molecule has 1 N–H and O–H groups in total. The average molecular weight is 325 g/mol. The molecule has 0 radical (unpaired) electrons. The highest BCUT2D eigenvalue weighted by Gasteiger charge is 2.34. The average Bonchev–Trinajstić information content (AvgIpc) is 2.94. The summed E-state index contributed by atoms with van der Waals surface area (Å²) in [6.45, 7) is 6.34. The zero-order valence-electron chi connectivity index (χ0n) is 13.5. The standard InChI is InChI=1S/C16H27N3O2S/c1-13-12-17-15(22-13)19-9-7-18(8-10-19)14(20)11-16(21)5-3-2-4-6-16/h13,21H,2-12H2,1H3/t13-/m1/s1. The number of amidine groups is 1. The molecule has 0 spiro atoms. The number of amides is 1. The van der Waals surface area contributed by atoms with Crippen LogP contribution in [0.25, 0.3) is 0 Å². The van der Waals surface area contributed by atoms with Crippen LogP contribution >= 0.6 is 11.8 Å². The van der Waals surface area contributed by atoms with Crippen LogP contribution in [-0.4, -0.2) is 69.6 Å². The molecule has 3 aliphatic rings. The number of carbonyl (C=O) groups excluding carboxylic acids is 1. The number of nitrogens with zero attached hydrogens (tertiary/aromatic N) is 3. The van der Waals surface area contributed by atoms with Crippen LogP contribution in [0.3, 0.4) is 0 Å². The Hall–Kier alpha value is -0.750. The van der Waals surface area contributed by atoms with Gasteiger partial charge in [0.2, 0.25) is 5.91 Å². The molecule has 1 amide bonds. The predicted molar refractivity (Wildman–Crippen MR) is 90.2 cm³/mol. The number of rotatable bonds is 2. The molecule has 5 nitrogen and oxygen atoms in total. The van der Waals surface area contributed by atoms with E-state index in [2.05, 4.69) is 16.8 Å². The summed E-state index contributed by atoms with van der Waals surface area (Å²) in [6.07, 6.45) is 5.15. The van der Waals surface area contributed by atoms with Gasteiger partial charge in [0.05, 0.1) is 18.6 Å². The Bertz CT molecular complexity index is 441. The lowest BCUT2D eigenvalue weighted by atomic mass is 9.82. The molecule has 2 heterocycles. The first-order valence-electron chi connectivity index (χ1n) is 8.52. The number of aliphatic imine (C=N–C) groups is 1. The van der Waals surface area contributed by atoms with E-state index in [-0.39, 0.29) is 5.91 Å². The molecule has 0 unspecified atom stereocenters. The van der Waals surface area contributed by atoms with Gasteiger partial charge >= 0.3 is 0 Å². The highest BCUT2D eigenvalue weighted by atomic mass is 32.2. The van der Waals surface area contributed by atoms with E-state index < -0.39 is 5.60 Å². The lowest BCUT2D eigenvalue weighted by molar-refractivity contribution is -0.139. The van der Waals surface area contributed by atoms with Crippen LogP contribution in [0.15, 0.2) is 4.99 Å². The largest absolute Gasteiger partial charge is 0.389 e. The third-order valence-electron chi connectivity index (χ3n) is 4.96. The van der Waals surface area contributed by atoms with Crippen LogP contribution in [0, 0.1) is 0 Å². The van der Waals surface area contributed by atoms with Crippen molar-refractivity contribution in [2.45, 2.75) is 56.3 Å². The molecule has 6 heteroatoms. The summed E-state index contributed by atoms with van der Waals surface area (Å²) < 4.78 is 0. The zero-order valence-corrected chi connectivity index (χ0v) is 14.3. The molecule has 0 aromatic heterocycles. The van der Waals surface area contributed by atoms with E-state index in [1.54, 1.807) is 0 Å². The van der Waals surface area contributed by atoms with Crippen LogP contribution in [0.2, 0.25) is 0 Å². The first kappa shape index (κ1) is 16.1. The molecule has 1 aliphatic carbocycles. The molecule has 124 valence electrons. The van der Waals surface area contributed by atoms with Crippen molar-refractivity contribution in [2.75, 3.05) is 32.7 Å². The molecular formula is C16H27N3O2S. The third-order valence-corrected chi connectivity index (χ3v) is 6.11. The van der Waals surface area contributed by atoms with Crippen molar-refractivity contribution in [3.05, 3.63) is 0 Å². The maximum Gasteiger partial charge on any atom is 0.225 e. The topological polar surface area (TPSA) is 56.1 Å². The summed E-state index contributed by atoms with van der Waals surface area (Å²) >= 11 is 1.84. The molecule has 2 aliphatic heterocycles. The van der Waals surface area contributed by atoms with Gasteiger partial charge in [0.1, 0.15) is 0 Å². The number of thioether (sulfide) groups is 1. The van der Waals surface area contributed by atoms with Crippen molar-refractivity contribution in [1.82, 2.24) is 9.80 Å². The summed E-state index contributed by atoms with van der Waals surface area (Å²) in [5.74, 6) is 0.124. The lowest BCUT2D eigenvalue weighted by Gasteiger charge is -2.38. The van der Waals surface area contributed by atoms with Crippen molar-refractivity contribution in [1.29, 1.82) is 0 Å². The fraction of sp³-hybridized carbons (Fsp3) is 0.875. The minimum atomic E-state index is -0.743. The van der Waals surface area contributed by atoms with E-state index in [0.29, 0.717) is 11.7 Å². The minimum absolute atomic E-state index is 0.124. The number of piperazine rings is 1. The molecule has 0 aromatic carbocycles. The van der Waals surface area contributed by atoms with Crippen molar-refractivity contribution >= 4 is 22.8 Å². The van der Waals surface area contributed by atoms with Gasteiger partial charge < -0.3 is 14.9 Å². The van der Waals surface area contributed by atoms with Gasteiger partial charge in [-0.05, 0) is 12.8 Å². The van der Waals surface area contributed by atoms with Crippen LogP contribution in [0.1, 0.15) is 45.4 Å². The fourth-order valence-electron chi connectivity index (χ4n) is 3.56. The first-order valence-corrected chi connectivity index (χ1v) is 9.40. The normalized spacial score (nSPS) is 28.6. The van der Waals surface area contributed by atoms with Gasteiger partial charge in [-0.25, -0.2) is 0 Å². The van der Waals surface area contributed by atoms with Gasteiger partial charge in [0.15, 0.2) is 5.17 Å². The fourth-order valence-corrected chi connectivity index (χ4v) is 4.55. The Morgan fingerprint density at radius 3 is 2.55 bits per heavy atom. The Kier molecular flexibility index (Phi) is 4.97. The Balaban J connectivity index is 1.47. The Morgan fingerprint density at radius 2 is 1.95 bits per heavy atom. The lowest BCUT2D eigenvalue weighted by Crippen LogP contribution is -2.51. The van der Waals surface area contributed by atoms with E-state index in [9.17, 15) is 9.90 Å². The molecule has 0 bridgehead atoms. The minimum Gasteiger partial charge on any atom is -0.389 e. The second-order valence-electron chi connectivity index (χ2n) is 6.88. The van der Waals surface area contributed by atoms with Gasteiger partial charge in [-0.1, -0.05) is 37.9 Å². The van der Waals surface area contributed by atoms with Gasteiger partial charge in [-0.2, -0.15) is 0 Å². The summed E-state index contributed by atoms with van der Waals surface area (Å²) in [7, 11) is 0. The first-order chi connectivity index (χ1) is 10.6. The van der Waals surface area contributed by atoms with Crippen LogP contribution < -0.4 is 0 Å². The van der Waals surface area contributed by atoms with E-state index in [4.69, 9.17) is 0 Å². The van der Waals surface area contributed by atoms with Gasteiger partial charge in [0, 0.05) is 31.4 Å². The van der Waals surface area contributed by atoms with E-state index in [1.807, 2.05) is 16.7 Å². The smallest absolute Gasteiger partial charge is 0.225 e. The second-order valence-corrected chi connectivity index (χ2v) is 8.29. The monoisotopic (exact) mass is 325 g/mol. The van der Waals surface area contributed by atoms with Gasteiger partial charge in [0.25, 0.3) is 0 Å². The van der Waals surface area contributed by atoms with Crippen molar-refractivity contribution in [3.63, 3.8) is 0 Å². The Labute approximate surface area is 137 Å². The number of hydrogen-bond acceptors (Lipinski definition) is 5. The number of carbonyl (C=O) groups is 1. The highest BCUT2D eigenvalue weighted by Crippen LogP contribution is 2.31. The number of aliphatic hydroxyl groups is 1. The Morgan fingerprint density at radius 1 is 1.27 bits per heavy atom. The van der Waals surface area contributed by atoms with Crippen LogP contribution in [0.5, 0.6) is 0 Å². The predicted octanol–water partition coefficient (Wildman–Crippen LogP) is 1.71. The molecule has 2 fully saturated rings. The molecule has 1 atom stereocenters. The van der Waals surface area contributed by atoms with E-state index >= 15 is 0 Å². The maximum atomic E-state index is 12.5. The summed E-state index contributed by atoms with van der Waals surface area (Å²) in [4.78, 5) is 21.3. The maximum absolute atomic E-state index is 12.5. The second kappa shape index (κ2) is 6.79. The molecule has 1 saturated carbocycles. The molecule has 22 heavy (non-hydrogen) atoms. The van der Waals surface area contributed by atoms with Crippen molar-refractivity contribution in [2.24, 2.45) is 4.99 Å². The van der Waals surface area contributed by atoms with Gasteiger partial charge in [-0.15, -0.1) is 0 Å². The van der Waals surface area contributed by atoms with E-state index in [1.165, 1.54) is 6.42 Å². The molecule has 3 rings (SSSR count). The quantitative estimate of drug-likeness (QED) is 0.840. The van der Waals surface area contributed by atoms with E-state index in [0.717, 1.165) is 63.6 Å². The summed E-state index contributed by atoms with van der Waals surface area (Å²) in [6, 6.07) is 0. The third kappa shape index (κ3) is 3.77. The summed E-state index contributed by atoms with van der Waals surface area (Å²) in [5.41, 5.74) is -0.743. The van der Waals surface area contributed by atoms with Crippen LogP contribution in [-0.2, 0) is 4.79 Å². The van der Waals surface area contributed by atoms with Crippen LogP contribution in [0.4, 0.5) is 0 Å². The van der Waals surface area contributed by atoms with Gasteiger partial charge in [-0.3, -0.25) is 9.79 Å². The SMILES string of the molecule is C[C@@H]1CN=C(N2CCN(C(=O)CC3(O)CCCCC3)CC2)S1. The van der Waals surface area contributed by atoms with Crippen molar-refractivity contribution < 1.29 is 9.90 Å². The number of hydrogen-bond donors (Lipinski definition) is 1. The zero-order chi connectivity index (χ0) is 15.6. The highest BCUT2D eigenvalue weighted by molar-refractivity contribution is 8.14.